The van der Waals surface area contributed by atoms with E-state index in [0.29, 0.717) is 35.6 Å². The fraction of sp³-hybridized carbons (Fsp3) is 0.318. The summed E-state index contributed by atoms with van der Waals surface area (Å²) in [5, 5.41) is 9.83. The van der Waals surface area contributed by atoms with E-state index in [1.807, 2.05) is 43.3 Å². The Bertz CT molecular complexity index is 1040. The van der Waals surface area contributed by atoms with Gasteiger partial charge >= 0.3 is 0 Å². The second kappa shape index (κ2) is 9.71. The van der Waals surface area contributed by atoms with Crippen molar-refractivity contribution in [2.24, 2.45) is 0 Å². The van der Waals surface area contributed by atoms with E-state index in [9.17, 15) is 14.7 Å². The Balaban J connectivity index is 1.83. The number of hydrogen-bond donors (Lipinski definition) is 1. The van der Waals surface area contributed by atoms with Gasteiger partial charge in [0.1, 0.15) is 0 Å². The van der Waals surface area contributed by atoms with Gasteiger partial charge in [-0.1, -0.05) is 54.2 Å². The molecule has 7 heteroatoms. The molecule has 0 radical (unpaired) electrons. The number of hydrogen-bond acceptors (Lipinski definition) is 5. The third-order valence-corrected chi connectivity index (χ3v) is 5.71. The van der Waals surface area contributed by atoms with Gasteiger partial charge < -0.3 is 10.0 Å². The molecular weight excluding hydrogens is 386 g/mol. The number of benzene rings is 2. The molecule has 1 atom stereocenters. The van der Waals surface area contributed by atoms with Crippen LogP contribution in [0, 0.1) is 0 Å². The quantitative estimate of drug-likeness (QED) is 0.456. The summed E-state index contributed by atoms with van der Waals surface area (Å²) in [5.41, 5.74) is 1.52. The van der Waals surface area contributed by atoms with Crippen molar-refractivity contribution in [1.82, 2.24) is 14.5 Å². The molecule has 0 spiro atoms. The van der Waals surface area contributed by atoms with Crippen LogP contribution in [0.2, 0.25) is 0 Å². The molecule has 0 saturated carbocycles. The highest BCUT2D eigenvalue weighted by atomic mass is 32.2. The largest absolute Gasteiger partial charge is 0.396 e. The summed E-state index contributed by atoms with van der Waals surface area (Å²) in [6, 6.07) is 17.0. The topological polar surface area (TPSA) is 75.4 Å². The highest BCUT2D eigenvalue weighted by molar-refractivity contribution is 8.00. The maximum absolute atomic E-state index is 12.9. The number of rotatable bonds is 8. The fourth-order valence-electron chi connectivity index (χ4n) is 3.12. The second-order valence-electron chi connectivity index (χ2n) is 6.89. The van der Waals surface area contributed by atoms with Crippen molar-refractivity contribution in [3.63, 3.8) is 0 Å². The Labute approximate surface area is 174 Å². The lowest BCUT2D eigenvalue weighted by Crippen LogP contribution is -2.33. The third kappa shape index (κ3) is 5.05. The first-order chi connectivity index (χ1) is 14.0. The monoisotopic (exact) mass is 411 g/mol. The van der Waals surface area contributed by atoms with Crippen molar-refractivity contribution in [3.05, 3.63) is 70.5 Å². The summed E-state index contributed by atoms with van der Waals surface area (Å²) >= 11 is 1.28. The zero-order valence-electron chi connectivity index (χ0n) is 16.6. The molecule has 1 N–H and O–H groups in total. The normalized spacial score (nSPS) is 12.1. The van der Waals surface area contributed by atoms with Crippen molar-refractivity contribution in [1.29, 1.82) is 0 Å². The average molecular weight is 412 g/mol. The summed E-state index contributed by atoms with van der Waals surface area (Å²) in [5.74, 6) is -0.0324. The number of amides is 1. The van der Waals surface area contributed by atoms with E-state index in [0.717, 1.165) is 5.56 Å². The average Bonchev–Trinajstić information content (AvgIpc) is 2.73. The van der Waals surface area contributed by atoms with Gasteiger partial charge in [-0.3, -0.25) is 14.2 Å². The van der Waals surface area contributed by atoms with Gasteiger partial charge in [0.25, 0.3) is 5.56 Å². The summed E-state index contributed by atoms with van der Waals surface area (Å²) < 4.78 is 1.56. The van der Waals surface area contributed by atoms with Crippen molar-refractivity contribution in [2.45, 2.75) is 36.8 Å². The second-order valence-corrected chi connectivity index (χ2v) is 8.19. The molecule has 0 aliphatic heterocycles. The molecule has 2 aromatic carbocycles. The van der Waals surface area contributed by atoms with Gasteiger partial charge in [0.2, 0.25) is 5.91 Å². The molecule has 6 nitrogen and oxygen atoms in total. The number of carbonyl (C=O) groups excluding carboxylic acids is 1. The summed E-state index contributed by atoms with van der Waals surface area (Å²) in [6.07, 6.45) is 0.448. The van der Waals surface area contributed by atoms with Crippen LogP contribution in [0.25, 0.3) is 10.9 Å². The first kappa shape index (κ1) is 21.1. The van der Waals surface area contributed by atoms with Gasteiger partial charge in [-0.15, -0.1) is 0 Å². The number of carbonyl (C=O) groups is 1. The van der Waals surface area contributed by atoms with Crippen LogP contribution in [-0.2, 0) is 17.9 Å². The zero-order chi connectivity index (χ0) is 20.8. The van der Waals surface area contributed by atoms with E-state index in [1.165, 1.54) is 11.8 Å². The zero-order valence-corrected chi connectivity index (χ0v) is 17.4. The lowest BCUT2D eigenvalue weighted by Gasteiger charge is -2.22. The molecule has 3 aromatic rings. The first-order valence-corrected chi connectivity index (χ1v) is 10.4. The lowest BCUT2D eigenvalue weighted by molar-refractivity contribution is -0.129. The van der Waals surface area contributed by atoms with E-state index < -0.39 is 5.25 Å². The van der Waals surface area contributed by atoms with E-state index in [1.54, 1.807) is 34.7 Å². The van der Waals surface area contributed by atoms with Crippen LogP contribution in [-0.4, -0.2) is 44.4 Å². The number of thioether (sulfide) groups is 1. The van der Waals surface area contributed by atoms with Gasteiger partial charge in [0.15, 0.2) is 5.16 Å². The number of aliphatic hydroxyl groups excluding tert-OH is 1. The van der Waals surface area contributed by atoms with E-state index >= 15 is 0 Å². The molecule has 3 rings (SSSR count). The predicted octanol–water partition coefficient (Wildman–Crippen LogP) is 2.92. The van der Waals surface area contributed by atoms with Crippen molar-refractivity contribution >= 4 is 28.6 Å². The van der Waals surface area contributed by atoms with E-state index in [2.05, 4.69) is 4.98 Å². The molecule has 1 aromatic heterocycles. The van der Waals surface area contributed by atoms with Crippen LogP contribution in [0.4, 0.5) is 0 Å². The minimum absolute atomic E-state index is 0.0162. The highest BCUT2D eigenvalue weighted by Gasteiger charge is 2.22. The van der Waals surface area contributed by atoms with Gasteiger partial charge in [-0.05, 0) is 31.0 Å². The molecule has 0 saturated heterocycles. The molecule has 1 heterocycles. The fourth-order valence-corrected chi connectivity index (χ4v) is 4.17. The van der Waals surface area contributed by atoms with Crippen LogP contribution in [0.15, 0.2) is 64.5 Å². The number of fused-ring (bicyclic) bond motifs is 1. The van der Waals surface area contributed by atoms with Crippen LogP contribution < -0.4 is 5.56 Å². The Kier molecular flexibility index (Phi) is 7.06. The van der Waals surface area contributed by atoms with Gasteiger partial charge in [-0.2, -0.15) is 0 Å². The Morgan fingerprint density at radius 3 is 2.59 bits per heavy atom. The van der Waals surface area contributed by atoms with Crippen LogP contribution in [0.5, 0.6) is 0 Å². The maximum atomic E-state index is 12.9. The van der Waals surface area contributed by atoms with Crippen LogP contribution >= 0.6 is 11.8 Å². The van der Waals surface area contributed by atoms with Crippen LogP contribution in [0.3, 0.4) is 0 Å². The van der Waals surface area contributed by atoms with Crippen molar-refractivity contribution in [2.75, 3.05) is 13.7 Å². The van der Waals surface area contributed by atoms with E-state index in [-0.39, 0.29) is 18.1 Å². The minimum atomic E-state index is -0.405. The molecule has 0 fully saturated rings. The molecule has 152 valence electrons. The highest BCUT2D eigenvalue weighted by Crippen LogP contribution is 2.24. The van der Waals surface area contributed by atoms with Crippen molar-refractivity contribution < 1.29 is 9.90 Å². The molecule has 0 bridgehead atoms. The minimum Gasteiger partial charge on any atom is -0.396 e. The van der Waals surface area contributed by atoms with E-state index in [4.69, 9.17) is 0 Å². The van der Waals surface area contributed by atoms with Gasteiger partial charge in [-0.25, -0.2) is 4.98 Å². The molecule has 1 amide bonds. The summed E-state index contributed by atoms with van der Waals surface area (Å²) in [6.45, 7) is 2.69. The van der Waals surface area contributed by atoms with Gasteiger partial charge in [0.05, 0.1) is 16.2 Å². The van der Waals surface area contributed by atoms with Crippen LogP contribution in [0.1, 0.15) is 18.9 Å². The first-order valence-electron chi connectivity index (χ1n) is 9.57. The summed E-state index contributed by atoms with van der Waals surface area (Å²) in [4.78, 5) is 32.1. The Hall–Kier alpha value is -2.64. The standard InChI is InChI=1S/C22H25N3O3S/c1-16(20(27)24(2)15-17-9-4-3-5-10-17)29-22-23-19-12-7-6-11-18(19)21(28)25(22)13-8-14-26/h3-7,9-12,16,26H,8,13-15H2,1-2H3. The number of aromatic nitrogens is 2. The predicted molar refractivity (Wildman–Crippen MR) is 116 cm³/mol. The van der Waals surface area contributed by atoms with Crippen molar-refractivity contribution in [3.8, 4) is 0 Å². The number of para-hydroxylation sites is 1. The Morgan fingerprint density at radius 1 is 1.17 bits per heavy atom. The maximum Gasteiger partial charge on any atom is 0.262 e. The number of nitrogens with zero attached hydrogens (tertiary/aromatic N) is 3. The molecule has 0 aliphatic carbocycles. The molecule has 29 heavy (non-hydrogen) atoms. The smallest absolute Gasteiger partial charge is 0.262 e. The third-order valence-electron chi connectivity index (χ3n) is 4.64. The molecule has 1 unspecified atom stereocenters. The molecular formula is C22H25N3O3S. The summed E-state index contributed by atoms with van der Waals surface area (Å²) in [7, 11) is 1.78. The van der Waals surface area contributed by atoms with Gasteiger partial charge in [0, 0.05) is 26.7 Å². The Morgan fingerprint density at radius 2 is 1.86 bits per heavy atom. The lowest BCUT2D eigenvalue weighted by atomic mass is 10.2. The SMILES string of the molecule is CC(Sc1nc2ccccc2c(=O)n1CCCO)C(=O)N(C)Cc1ccccc1. The number of aliphatic hydroxyl groups is 1. The molecule has 0 aliphatic rings.